The molecule has 142 valence electrons. The standard InChI is InChI=1S/C18H16F3N3O2S/c19-18(20,21)26-14-2-1-13-11-23-17(15(13)10-14)12-3-4-22-16(9-12)24-5-7-27(25)8-6-24/h1-4,9-10H,5-8,11H2. The molecule has 1 fully saturated rings. The average Bonchev–Trinajstić information content (AvgIpc) is 3.04. The molecule has 0 radical (unpaired) electrons. The largest absolute Gasteiger partial charge is 0.573 e. The number of hydrogen-bond donors (Lipinski definition) is 0. The number of anilines is 1. The molecule has 1 aromatic heterocycles. The van der Waals surface area contributed by atoms with Crippen molar-refractivity contribution in [2.24, 2.45) is 4.99 Å². The maximum Gasteiger partial charge on any atom is 0.573 e. The number of hydrogen-bond acceptors (Lipinski definition) is 5. The molecule has 27 heavy (non-hydrogen) atoms. The Labute approximate surface area is 156 Å². The van der Waals surface area contributed by atoms with Crippen LogP contribution in [0.15, 0.2) is 41.5 Å². The fraction of sp³-hybridized carbons (Fsp3) is 0.333. The first kappa shape index (κ1) is 18.0. The number of aromatic nitrogens is 1. The Morgan fingerprint density at radius 2 is 1.89 bits per heavy atom. The Morgan fingerprint density at radius 3 is 2.63 bits per heavy atom. The van der Waals surface area contributed by atoms with E-state index in [4.69, 9.17) is 0 Å². The molecule has 0 amide bonds. The van der Waals surface area contributed by atoms with Crippen LogP contribution in [0.3, 0.4) is 0 Å². The minimum atomic E-state index is -4.73. The molecule has 3 heterocycles. The highest BCUT2D eigenvalue weighted by Crippen LogP contribution is 2.30. The van der Waals surface area contributed by atoms with Gasteiger partial charge in [0.05, 0.1) is 12.3 Å². The smallest absolute Gasteiger partial charge is 0.406 e. The van der Waals surface area contributed by atoms with Crippen LogP contribution in [-0.4, -0.2) is 45.9 Å². The van der Waals surface area contributed by atoms with Gasteiger partial charge in [-0.3, -0.25) is 9.20 Å². The van der Waals surface area contributed by atoms with Gasteiger partial charge in [-0.1, -0.05) is 6.07 Å². The molecular formula is C18H16F3N3O2S. The molecule has 1 aromatic carbocycles. The highest BCUT2D eigenvalue weighted by Gasteiger charge is 2.32. The van der Waals surface area contributed by atoms with E-state index in [2.05, 4.69) is 19.6 Å². The van der Waals surface area contributed by atoms with Crippen molar-refractivity contribution in [3.8, 4) is 5.75 Å². The van der Waals surface area contributed by atoms with Crippen molar-refractivity contribution in [2.45, 2.75) is 12.9 Å². The van der Waals surface area contributed by atoms with Crippen LogP contribution in [0.5, 0.6) is 5.75 Å². The zero-order valence-electron chi connectivity index (χ0n) is 14.2. The van der Waals surface area contributed by atoms with Crippen molar-refractivity contribution in [3.63, 3.8) is 0 Å². The Bertz CT molecular complexity index is 920. The van der Waals surface area contributed by atoms with E-state index in [0.29, 0.717) is 42.4 Å². The van der Waals surface area contributed by atoms with Crippen LogP contribution >= 0.6 is 0 Å². The van der Waals surface area contributed by atoms with E-state index >= 15 is 0 Å². The summed E-state index contributed by atoms with van der Waals surface area (Å²) < 4.78 is 53.1. The summed E-state index contributed by atoms with van der Waals surface area (Å²) in [5.74, 6) is 1.70. The Balaban J connectivity index is 1.62. The van der Waals surface area contributed by atoms with Crippen molar-refractivity contribution in [1.29, 1.82) is 0 Å². The second-order valence-electron chi connectivity index (χ2n) is 6.27. The highest BCUT2D eigenvalue weighted by molar-refractivity contribution is 7.85. The molecule has 0 atom stereocenters. The van der Waals surface area contributed by atoms with E-state index in [0.717, 1.165) is 16.9 Å². The summed E-state index contributed by atoms with van der Waals surface area (Å²) in [7, 11) is -0.782. The Hall–Kier alpha value is -2.42. The molecule has 0 bridgehead atoms. The quantitative estimate of drug-likeness (QED) is 0.802. The first-order chi connectivity index (χ1) is 12.9. The number of fused-ring (bicyclic) bond motifs is 1. The molecular weight excluding hydrogens is 379 g/mol. The van der Waals surface area contributed by atoms with E-state index in [9.17, 15) is 17.4 Å². The molecule has 4 rings (SSSR count). The monoisotopic (exact) mass is 395 g/mol. The number of rotatable bonds is 3. The van der Waals surface area contributed by atoms with Crippen LogP contribution in [0.4, 0.5) is 19.0 Å². The predicted molar refractivity (Wildman–Crippen MR) is 96.8 cm³/mol. The van der Waals surface area contributed by atoms with Gasteiger partial charge in [-0.2, -0.15) is 0 Å². The van der Waals surface area contributed by atoms with Crippen molar-refractivity contribution in [3.05, 3.63) is 53.2 Å². The Morgan fingerprint density at radius 1 is 1.11 bits per heavy atom. The number of halogens is 3. The van der Waals surface area contributed by atoms with Crippen LogP contribution in [-0.2, 0) is 17.3 Å². The van der Waals surface area contributed by atoms with Crippen molar-refractivity contribution < 1.29 is 22.1 Å². The zero-order chi connectivity index (χ0) is 19.0. The normalized spacial score (nSPS) is 17.6. The number of nitrogens with zero attached hydrogens (tertiary/aromatic N) is 3. The lowest BCUT2D eigenvalue weighted by molar-refractivity contribution is -0.274. The van der Waals surface area contributed by atoms with Gasteiger partial charge in [0, 0.05) is 52.7 Å². The van der Waals surface area contributed by atoms with Gasteiger partial charge in [0.1, 0.15) is 11.6 Å². The van der Waals surface area contributed by atoms with Gasteiger partial charge < -0.3 is 9.64 Å². The summed E-state index contributed by atoms with van der Waals surface area (Å²) in [5, 5.41) is 0. The van der Waals surface area contributed by atoms with E-state index < -0.39 is 17.2 Å². The molecule has 5 nitrogen and oxygen atoms in total. The van der Waals surface area contributed by atoms with Crippen LogP contribution < -0.4 is 9.64 Å². The molecule has 2 aliphatic heterocycles. The number of benzene rings is 1. The summed E-state index contributed by atoms with van der Waals surface area (Å²) in [6.07, 6.45) is -3.07. The van der Waals surface area contributed by atoms with Crippen LogP contribution in [0.2, 0.25) is 0 Å². The Kier molecular flexibility index (Phi) is 4.63. The van der Waals surface area contributed by atoms with Gasteiger partial charge >= 0.3 is 6.36 Å². The molecule has 1 saturated heterocycles. The van der Waals surface area contributed by atoms with Crippen LogP contribution in [0.1, 0.15) is 16.7 Å². The lowest BCUT2D eigenvalue weighted by atomic mass is 10.0. The minimum absolute atomic E-state index is 0.261. The molecule has 0 aliphatic carbocycles. The topological polar surface area (TPSA) is 54.8 Å². The zero-order valence-corrected chi connectivity index (χ0v) is 15.0. The first-order valence-corrected chi connectivity index (χ1v) is 9.88. The predicted octanol–water partition coefficient (Wildman–Crippen LogP) is 2.90. The van der Waals surface area contributed by atoms with Gasteiger partial charge in [-0.15, -0.1) is 13.2 Å². The SMILES string of the molecule is O=S1CCN(c2cc(C3=NCc4ccc(OC(F)(F)F)cc43)ccn2)CC1. The summed E-state index contributed by atoms with van der Waals surface area (Å²) >= 11 is 0. The molecule has 0 saturated carbocycles. The second kappa shape index (κ2) is 6.95. The summed E-state index contributed by atoms with van der Waals surface area (Å²) in [6.45, 7) is 1.74. The van der Waals surface area contributed by atoms with Crippen molar-refractivity contribution in [1.82, 2.24) is 4.98 Å². The van der Waals surface area contributed by atoms with Gasteiger partial charge in [0.25, 0.3) is 0 Å². The van der Waals surface area contributed by atoms with Crippen LogP contribution in [0.25, 0.3) is 0 Å². The van der Waals surface area contributed by atoms with Crippen LogP contribution in [0, 0.1) is 0 Å². The number of ether oxygens (including phenoxy) is 1. The van der Waals surface area contributed by atoms with Gasteiger partial charge in [0.15, 0.2) is 0 Å². The summed E-state index contributed by atoms with van der Waals surface area (Å²) in [5.41, 5.74) is 2.90. The van der Waals surface area contributed by atoms with E-state index in [1.165, 1.54) is 12.1 Å². The number of alkyl halides is 3. The lowest BCUT2D eigenvalue weighted by Crippen LogP contribution is -2.38. The fourth-order valence-corrected chi connectivity index (χ4v) is 4.26. The summed E-state index contributed by atoms with van der Waals surface area (Å²) in [6, 6.07) is 7.95. The van der Waals surface area contributed by atoms with Gasteiger partial charge in [0.2, 0.25) is 0 Å². The highest BCUT2D eigenvalue weighted by atomic mass is 32.2. The summed E-state index contributed by atoms with van der Waals surface area (Å²) in [4.78, 5) is 10.9. The van der Waals surface area contributed by atoms with Gasteiger partial charge in [-0.25, -0.2) is 4.98 Å². The third-order valence-corrected chi connectivity index (χ3v) is 5.77. The van der Waals surface area contributed by atoms with Crippen molar-refractivity contribution >= 4 is 22.3 Å². The average molecular weight is 395 g/mol. The molecule has 2 aliphatic rings. The lowest BCUT2D eigenvalue weighted by Gasteiger charge is -2.27. The second-order valence-corrected chi connectivity index (χ2v) is 7.97. The van der Waals surface area contributed by atoms with E-state index in [1.807, 2.05) is 6.07 Å². The number of aliphatic imine (C=N–C) groups is 1. The molecule has 0 spiro atoms. The third-order valence-electron chi connectivity index (χ3n) is 4.50. The maximum absolute atomic E-state index is 12.5. The molecule has 2 aromatic rings. The minimum Gasteiger partial charge on any atom is -0.406 e. The number of pyridine rings is 1. The first-order valence-electron chi connectivity index (χ1n) is 8.39. The molecule has 0 N–H and O–H groups in total. The van der Waals surface area contributed by atoms with Crippen molar-refractivity contribution in [2.75, 3.05) is 29.5 Å². The van der Waals surface area contributed by atoms with Gasteiger partial charge in [-0.05, 0) is 29.8 Å². The van der Waals surface area contributed by atoms with E-state index in [-0.39, 0.29) is 5.75 Å². The molecule has 0 unspecified atom stereocenters. The third kappa shape index (κ3) is 3.97. The van der Waals surface area contributed by atoms with E-state index in [1.54, 1.807) is 18.3 Å². The maximum atomic E-state index is 12.5. The molecule has 9 heteroatoms. The fourth-order valence-electron chi connectivity index (χ4n) is 3.21.